The summed E-state index contributed by atoms with van der Waals surface area (Å²) in [7, 11) is 1.50. The van der Waals surface area contributed by atoms with E-state index in [1.54, 1.807) is 0 Å². The Morgan fingerprint density at radius 3 is 0.438 bits per heavy atom. The minimum Gasteiger partial charge on any atom is -0.333 e. The maximum atomic E-state index is 4.50. The molecule has 2 saturated carbocycles. The molecule has 0 spiro atoms. The summed E-state index contributed by atoms with van der Waals surface area (Å²) >= 11 is 0. The highest BCUT2D eigenvalue weighted by Gasteiger charge is 1.96. The molecular weight excluding hydrogens is 194 g/mol. The summed E-state index contributed by atoms with van der Waals surface area (Å²) in [6, 6.07) is 0. The molecular formula is C15H33N. The first kappa shape index (κ1) is 16.0. The van der Waals surface area contributed by atoms with Crippen molar-refractivity contribution in [3.05, 3.63) is 0 Å². The van der Waals surface area contributed by atoms with Crippen LogP contribution in [0.3, 0.4) is 0 Å². The van der Waals surface area contributed by atoms with E-state index in [2.05, 4.69) is 5.73 Å². The normalized spacial score (nSPS) is 21.4. The molecule has 2 aliphatic rings. The predicted molar refractivity (Wildman–Crippen MR) is 74.7 cm³/mol. The highest BCUT2D eigenvalue weighted by atomic mass is 14.4. The van der Waals surface area contributed by atoms with Gasteiger partial charge in [-0.15, -0.1) is 0 Å². The second kappa shape index (κ2) is 15.0. The summed E-state index contributed by atoms with van der Waals surface area (Å²) in [4.78, 5) is 0. The second-order valence-electron chi connectivity index (χ2n) is 4.95. The molecule has 0 radical (unpaired) electrons. The molecule has 0 amide bonds. The highest BCUT2D eigenvalue weighted by Crippen LogP contribution is 2.16. The maximum Gasteiger partial charge on any atom is -0.0195 e. The van der Waals surface area contributed by atoms with Crippen molar-refractivity contribution in [2.24, 2.45) is 5.73 Å². The van der Waals surface area contributed by atoms with Crippen molar-refractivity contribution in [3.63, 3.8) is 0 Å². The lowest BCUT2D eigenvalue weighted by molar-refractivity contribution is 0.504. The SMILES string of the molecule is C1CCCCC1.C1CCCCCCC1.CN. The van der Waals surface area contributed by atoms with Gasteiger partial charge in [0.1, 0.15) is 0 Å². The van der Waals surface area contributed by atoms with Crippen molar-refractivity contribution in [1.82, 2.24) is 0 Å². The molecule has 0 atom stereocenters. The van der Waals surface area contributed by atoms with Crippen molar-refractivity contribution in [3.8, 4) is 0 Å². The summed E-state index contributed by atoms with van der Waals surface area (Å²) in [6.45, 7) is 0. The Labute approximate surface area is 103 Å². The quantitative estimate of drug-likeness (QED) is 0.616. The standard InChI is InChI=1S/C8H16.C6H12.CH5N/c1-2-4-6-8-7-5-3-1;1-2-4-6-5-3-1;1-2/h1-8H2;1-6H2;2H2,1H3. The minimum atomic E-state index is 1.50. The van der Waals surface area contributed by atoms with Crippen LogP contribution < -0.4 is 5.73 Å². The fraction of sp³-hybridized carbons (Fsp3) is 1.00. The van der Waals surface area contributed by atoms with Gasteiger partial charge in [0.15, 0.2) is 0 Å². The van der Waals surface area contributed by atoms with Gasteiger partial charge in [0.05, 0.1) is 0 Å². The molecule has 0 aromatic carbocycles. The first-order valence-electron chi connectivity index (χ1n) is 7.58. The molecule has 2 fully saturated rings. The Morgan fingerprint density at radius 2 is 0.375 bits per heavy atom. The van der Waals surface area contributed by atoms with E-state index in [1.165, 1.54) is 96.9 Å². The molecule has 0 aliphatic heterocycles. The first-order chi connectivity index (χ1) is 8.00. The Kier molecular flexibility index (Phi) is 14.9. The van der Waals surface area contributed by atoms with E-state index in [1.807, 2.05) is 0 Å². The van der Waals surface area contributed by atoms with E-state index >= 15 is 0 Å². The summed E-state index contributed by atoms with van der Waals surface area (Å²) in [6.07, 6.45) is 21.0. The second-order valence-corrected chi connectivity index (χ2v) is 4.95. The molecule has 0 aromatic heterocycles. The third-order valence-electron chi connectivity index (χ3n) is 3.50. The van der Waals surface area contributed by atoms with Gasteiger partial charge >= 0.3 is 0 Å². The van der Waals surface area contributed by atoms with Crippen LogP contribution in [0.1, 0.15) is 89.9 Å². The van der Waals surface area contributed by atoms with Gasteiger partial charge < -0.3 is 5.73 Å². The summed E-state index contributed by atoms with van der Waals surface area (Å²) < 4.78 is 0. The van der Waals surface area contributed by atoms with E-state index in [4.69, 9.17) is 0 Å². The van der Waals surface area contributed by atoms with Crippen LogP contribution in [-0.2, 0) is 0 Å². The van der Waals surface area contributed by atoms with E-state index in [9.17, 15) is 0 Å². The molecule has 0 aromatic rings. The van der Waals surface area contributed by atoms with Crippen LogP contribution in [0, 0.1) is 0 Å². The van der Waals surface area contributed by atoms with Gasteiger partial charge in [0, 0.05) is 0 Å². The molecule has 0 unspecified atom stereocenters. The molecule has 2 rings (SSSR count). The minimum absolute atomic E-state index is 1.50. The van der Waals surface area contributed by atoms with E-state index in [0.29, 0.717) is 0 Å². The Morgan fingerprint density at radius 1 is 0.312 bits per heavy atom. The van der Waals surface area contributed by atoms with Gasteiger partial charge in [0.25, 0.3) is 0 Å². The summed E-state index contributed by atoms with van der Waals surface area (Å²) in [5, 5.41) is 0. The van der Waals surface area contributed by atoms with Crippen LogP contribution in [0.4, 0.5) is 0 Å². The fourth-order valence-electron chi connectivity index (χ4n) is 2.47. The number of nitrogens with two attached hydrogens (primary N) is 1. The molecule has 1 nitrogen and oxygen atoms in total. The lowest BCUT2D eigenvalue weighted by Gasteiger charge is -2.05. The van der Waals surface area contributed by atoms with Crippen molar-refractivity contribution in [1.29, 1.82) is 0 Å². The van der Waals surface area contributed by atoms with Gasteiger partial charge in [-0.2, -0.15) is 0 Å². The zero-order chi connectivity index (χ0) is 11.9. The number of rotatable bonds is 0. The average molecular weight is 227 g/mol. The lowest BCUT2D eigenvalue weighted by Crippen LogP contribution is -1.85. The summed E-state index contributed by atoms with van der Waals surface area (Å²) in [5.74, 6) is 0. The predicted octanol–water partition coefficient (Wildman–Crippen LogP) is 5.04. The van der Waals surface area contributed by atoms with Crippen molar-refractivity contribution >= 4 is 0 Å². The van der Waals surface area contributed by atoms with Gasteiger partial charge in [0.2, 0.25) is 0 Å². The van der Waals surface area contributed by atoms with Crippen LogP contribution in [0.15, 0.2) is 0 Å². The number of hydrogen-bond donors (Lipinski definition) is 1. The molecule has 0 heterocycles. The molecule has 0 bridgehead atoms. The Balaban J connectivity index is 0.000000251. The van der Waals surface area contributed by atoms with Gasteiger partial charge in [-0.05, 0) is 7.05 Å². The molecule has 2 aliphatic carbocycles. The van der Waals surface area contributed by atoms with Gasteiger partial charge in [-0.3, -0.25) is 0 Å². The summed E-state index contributed by atoms with van der Waals surface area (Å²) in [5.41, 5.74) is 4.50. The monoisotopic (exact) mass is 227 g/mol. The first-order valence-corrected chi connectivity index (χ1v) is 7.58. The molecule has 2 N–H and O–H groups in total. The zero-order valence-electron chi connectivity index (χ0n) is 11.5. The fourth-order valence-corrected chi connectivity index (χ4v) is 2.47. The van der Waals surface area contributed by atoms with Crippen molar-refractivity contribution in [2.75, 3.05) is 7.05 Å². The van der Waals surface area contributed by atoms with Crippen LogP contribution in [0.25, 0.3) is 0 Å². The molecule has 0 saturated heterocycles. The van der Waals surface area contributed by atoms with Crippen LogP contribution >= 0.6 is 0 Å². The van der Waals surface area contributed by atoms with Crippen molar-refractivity contribution in [2.45, 2.75) is 89.9 Å². The van der Waals surface area contributed by atoms with E-state index in [-0.39, 0.29) is 0 Å². The highest BCUT2D eigenvalue weighted by molar-refractivity contribution is 4.51. The van der Waals surface area contributed by atoms with Gasteiger partial charge in [-0.1, -0.05) is 89.9 Å². The van der Waals surface area contributed by atoms with E-state index in [0.717, 1.165) is 0 Å². The van der Waals surface area contributed by atoms with E-state index < -0.39 is 0 Å². The smallest absolute Gasteiger partial charge is 0.0195 e. The maximum absolute atomic E-state index is 4.50. The van der Waals surface area contributed by atoms with Crippen molar-refractivity contribution < 1.29 is 0 Å². The lowest BCUT2D eigenvalue weighted by atomic mass is 10.0. The molecule has 16 heavy (non-hydrogen) atoms. The third-order valence-corrected chi connectivity index (χ3v) is 3.50. The third kappa shape index (κ3) is 12.0. The zero-order valence-corrected chi connectivity index (χ0v) is 11.5. The topological polar surface area (TPSA) is 26.0 Å². The number of hydrogen-bond acceptors (Lipinski definition) is 1. The van der Waals surface area contributed by atoms with Gasteiger partial charge in [-0.25, -0.2) is 0 Å². The Bertz CT molecular complexity index is 72.5. The molecule has 1 heteroatoms. The van der Waals surface area contributed by atoms with Crippen LogP contribution in [0.5, 0.6) is 0 Å². The molecule has 98 valence electrons. The van der Waals surface area contributed by atoms with Crippen LogP contribution in [-0.4, -0.2) is 7.05 Å². The largest absolute Gasteiger partial charge is 0.333 e. The Hall–Kier alpha value is -0.0400. The average Bonchev–Trinajstić information content (AvgIpc) is 2.34. The van der Waals surface area contributed by atoms with Crippen LogP contribution in [0.2, 0.25) is 0 Å².